The van der Waals surface area contributed by atoms with Crippen LogP contribution in [0.25, 0.3) is 0 Å². The van der Waals surface area contributed by atoms with Crippen molar-refractivity contribution in [1.29, 1.82) is 5.41 Å². The molecule has 0 aliphatic heterocycles. The number of rotatable bonds is 2. The molecule has 0 saturated heterocycles. The number of nitrogens with one attached hydrogen (secondary N) is 1. The van der Waals surface area contributed by atoms with Gasteiger partial charge >= 0.3 is 0 Å². The fraction of sp³-hybridized carbons (Fsp3) is 0.111. The van der Waals surface area contributed by atoms with Crippen LogP contribution in [-0.2, 0) is 0 Å². The highest BCUT2D eigenvalue weighted by molar-refractivity contribution is 6.06. The average Bonchev–Trinajstić information content (AvgIpc) is 2.05. The Labute approximate surface area is 70.3 Å². The second kappa shape index (κ2) is 3.76. The van der Waals surface area contributed by atoms with Gasteiger partial charge < -0.3 is 5.41 Å². The van der Waals surface area contributed by atoms with E-state index in [4.69, 9.17) is 5.41 Å². The van der Waals surface area contributed by atoms with Crippen LogP contribution in [0.5, 0.6) is 0 Å². The molecule has 0 aromatic carbocycles. The molecule has 0 saturated carbocycles. The van der Waals surface area contributed by atoms with Gasteiger partial charge in [0.1, 0.15) is 5.82 Å². The molecule has 0 unspecified atom stereocenters. The highest BCUT2D eigenvalue weighted by atomic mass is 19.1. The molecule has 1 aromatic heterocycles. The Balaban J connectivity index is 2.96. The van der Waals surface area contributed by atoms with E-state index in [1.807, 2.05) is 0 Å². The van der Waals surface area contributed by atoms with Crippen LogP contribution in [0.4, 0.5) is 4.39 Å². The fourth-order valence-corrected chi connectivity index (χ4v) is 0.822. The molecule has 62 valence electrons. The van der Waals surface area contributed by atoms with Crippen LogP contribution in [0.3, 0.4) is 0 Å². The molecule has 1 aromatic rings. The van der Waals surface area contributed by atoms with Gasteiger partial charge in [-0.25, -0.2) is 4.39 Å². The zero-order valence-corrected chi connectivity index (χ0v) is 6.71. The lowest BCUT2D eigenvalue weighted by Gasteiger charge is -1.96. The molecule has 0 amide bonds. The Morgan fingerprint density at radius 1 is 1.58 bits per heavy atom. The lowest BCUT2D eigenvalue weighted by molar-refractivity contribution is 0.621. The molecule has 0 atom stereocenters. The molecule has 0 spiro atoms. The largest absolute Gasteiger partial charge is 0.300 e. The van der Waals surface area contributed by atoms with Gasteiger partial charge in [0, 0.05) is 11.8 Å². The minimum atomic E-state index is -0.415. The number of nitrogens with zero attached hydrogens (tertiary/aromatic N) is 1. The summed E-state index contributed by atoms with van der Waals surface area (Å²) in [7, 11) is 0. The van der Waals surface area contributed by atoms with Gasteiger partial charge in [-0.3, -0.25) is 4.98 Å². The third-order valence-electron chi connectivity index (χ3n) is 1.35. The minimum absolute atomic E-state index is 0.268. The van der Waals surface area contributed by atoms with E-state index >= 15 is 0 Å². The van der Waals surface area contributed by atoms with Crippen molar-refractivity contribution in [2.24, 2.45) is 0 Å². The molecule has 0 aliphatic carbocycles. The van der Waals surface area contributed by atoms with E-state index in [1.165, 1.54) is 12.3 Å². The van der Waals surface area contributed by atoms with Crippen LogP contribution >= 0.6 is 0 Å². The van der Waals surface area contributed by atoms with Crippen molar-refractivity contribution >= 4 is 5.71 Å². The maximum absolute atomic E-state index is 12.6. The van der Waals surface area contributed by atoms with E-state index in [0.717, 1.165) is 6.20 Å². The Bertz CT molecular complexity index is 318. The third kappa shape index (κ3) is 1.99. The molecule has 0 bridgehead atoms. The van der Waals surface area contributed by atoms with E-state index in [2.05, 4.69) is 4.98 Å². The van der Waals surface area contributed by atoms with Gasteiger partial charge in [0.2, 0.25) is 0 Å². The van der Waals surface area contributed by atoms with Crippen molar-refractivity contribution in [3.8, 4) is 0 Å². The van der Waals surface area contributed by atoms with Gasteiger partial charge in [-0.1, -0.05) is 6.08 Å². The van der Waals surface area contributed by atoms with Gasteiger partial charge in [-0.05, 0) is 19.1 Å². The lowest BCUT2D eigenvalue weighted by atomic mass is 10.2. The zero-order valence-electron chi connectivity index (χ0n) is 6.71. The van der Waals surface area contributed by atoms with Crippen molar-refractivity contribution in [3.63, 3.8) is 0 Å². The first-order valence-electron chi connectivity index (χ1n) is 3.56. The first-order chi connectivity index (χ1) is 5.74. The summed E-state index contributed by atoms with van der Waals surface area (Å²) in [5.41, 5.74) is 0.762. The molecule has 12 heavy (non-hydrogen) atoms. The van der Waals surface area contributed by atoms with Crippen molar-refractivity contribution < 1.29 is 4.39 Å². The summed E-state index contributed by atoms with van der Waals surface area (Å²) in [5.74, 6) is -0.415. The molecule has 1 heterocycles. The van der Waals surface area contributed by atoms with E-state index in [-0.39, 0.29) is 5.71 Å². The summed E-state index contributed by atoms with van der Waals surface area (Å²) in [6, 6.07) is 1.29. The molecule has 1 rings (SSSR count). The second-order valence-corrected chi connectivity index (χ2v) is 2.31. The molecule has 2 nitrogen and oxygen atoms in total. The van der Waals surface area contributed by atoms with Crippen LogP contribution in [0, 0.1) is 11.2 Å². The molecule has 0 aliphatic rings. The summed E-state index contributed by atoms with van der Waals surface area (Å²) in [6.45, 7) is 1.81. The molecule has 0 fully saturated rings. The predicted molar refractivity (Wildman–Crippen MR) is 45.8 cm³/mol. The maximum atomic E-state index is 12.6. The summed E-state index contributed by atoms with van der Waals surface area (Å²) < 4.78 is 12.6. The van der Waals surface area contributed by atoms with E-state index in [0.29, 0.717) is 5.56 Å². The topological polar surface area (TPSA) is 36.7 Å². The van der Waals surface area contributed by atoms with Crippen LogP contribution in [0.15, 0.2) is 30.6 Å². The Kier molecular flexibility index (Phi) is 2.69. The summed E-state index contributed by atoms with van der Waals surface area (Å²) >= 11 is 0. The van der Waals surface area contributed by atoms with Gasteiger partial charge in [-0.15, -0.1) is 0 Å². The second-order valence-electron chi connectivity index (χ2n) is 2.31. The Morgan fingerprint density at radius 2 is 2.33 bits per heavy atom. The van der Waals surface area contributed by atoms with E-state index in [9.17, 15) is 4.39 Å². The highest BCUT2D eigenvalue weighted by Gasteiger charge is 1.98. The van der Waals surface area contributed by atoms with Crippen LogP contribution in [0.2, 0.25) is 0 Å². The van der Waals surface area contributed by atoms with Crippen LogP contribution in [-0.4, -0.2) is 10.7 Å². The quantitative estimate of drug-likeness (QED) is 0.668. The number of pyridine rings is 1. The first kappa shape index (κ1) is 8.59. The van der Waals surface area contributed by atoms with Gasteiger partial charge in [-0.2, -0.15) is 0 Å². The SMILES string of the molecule is CC=CC(=N)c1cncc(F)c1. The van der Waals surface area contributed by atoms with Crippen molar-refractivity contribution in [2.45, 2.75) is 6.92 Å². The Hall–Kier alpha value is -1.51. The normalized spacial score (nSPS) is 10.5. The van der Waals surface area contributed by atoms with E-state index in [1.54, 1.807) is 19.1 Å². The number of hydrogen-bond acceptors (Lipinski definition) is 2. The van der Waals surface area contributed by atoms with Gasteiger partial charge in [0.15, 0.2) is 0 Å². The van der Waals surface area contributed by atoms with Crippen LogP contribution < -0.4 is 0 Å². The summed E-state index contributed by atoms with van der Waals surface area (Å²) in [5, 5.41) is 7.43. The smallest absolute Gasteiger partial charge is 0.142 e. The number of allylic oxidation sites excluding steroid dienone is 2. The monoisotopic (exact) mass is 164 g/mol. The maximum Gasteiger partial charge on any atom is 0.142 e. The van der Waals surface area contributed by atoms with Gasteiger partial charge in [0.05, 0.1) is 11.9 Å². The van der Waals surface area contributed by atoms with Gasteiger partial charge in [0.25, 0.3) is 0 Å². The van der Waals surface area contributed by atoms with Crippen molar-refractivity contribution in [2.75, 3.05) is 0 Å². The predicted octanol–water partition coefficient (Wildman–Crippen LogP) is 2.16. The zero-order chi connectivity index (χ0) is 8.97. The average molecular weight is 164 g/mol. The molecule has 0 radical (unpaired) electrons. The first-order valence-corrected chi connectivity index (χ1v) is 3.56. The molecular formula is C9H9FN2. The Morgan fingerprint density at radius 3 is 2.92 bits per heavy atom. The van der Waals surface area contributed by atoms with Crippen LogP contribution in [0.1, 0.15) is 12.5 Å². The molecular weight excluding hydrogens is 155 g/mol. The molecule has 1 N–H and O–H groups in total. The fourth-order valence-electron chi connectivity index (χ4n) is 0.822. The standard InChI is InChI=1S/C9H9FN2/c1-2-3-9(11)7-4-8(10)6-12-5-7/h2-6,11H,1H3. The lowest BCUT2D eigenvalue weighted by Crippen LogP contribution is -1.95. The molecule has 3 heteroatoms. The third-order valence-corrected chi connectivity index (χ3v) is 1.35. The number of hydrogen-bond donors (Lipinski definition) is 1. The summed E-state index contributed by atoms with van der Waals surface area (Å²) in [6.07, 6.45) is 5.90. The highest BCUT2D eigenvalue weighted by Crippen LogP contribution is 2.02. The number of halogens is 1. The number of aromatic nitrogens is 1. The summed E-state index contributed by atoms with van der Waals surface area (Å²) in [4.78, 5) is 3.64. The van der Waals surface area contributed by atoms with Crippen molar-refractivity contribution in [3.05, 3.63) is 42.0 Å². The van der Waals surface area contributed by atoms with E-state index < -0.39 is 5.82 Å². The van der Waals surface area contributed by atoms with Crippen molar-refractivity contribution in [1.82, 2.24) is 4.98 Å². The minimum Gasteiger partial charge on any atom is -0.300 e.